The Labute approximate surface area is 154 Å². The van der Waals surface area contributed by atoms with Gasteiger partial charge in [0.15, 0.2) is 0 Å². The molecule has 0 bridgehead atoms. The lowest BCUT2D eigenvalue weighted by atomic mass is 10.0. The highest BCUT2D eigenvalue weighted by molar-refractivity contribution is 6.04. The molecule has 0 radical (unpaired) electrons. The Morgan fingerprint density at radius 2 is 2.07 bits per heavy atom. The van der Waals surface area contributed by atoms with Gasteiger partial charge in [0.25, 0.3) is 0 Å². The first-order valence-electron chi connectivity index (χ1n) is 8.56. The number of fused-ring (bicyclic) bond motifs is 3. The molecule has 0 spiro atoms. The second-order valence-electron chi connectivity index (χ2n) is 6.36. The van der Waals surface area contributed by atoms with E-state index in [2.05, 4.69) is 15.1 Å². The Morgan fingerprint density at radius 1 is 1.26 bits per heavy atom. The Hall–Kier alpha value is -3.13. The number of benzene rings is 1. The lowest BCUT2D eigenvalue weighted by molar-refractivity contribution is 0.187. The molecule has 3 aromatic heterocycles. The van der Waals surface area contributed by atoms with Crippen LogP contribution in [0.3, 0.4) is 0 Å². The fraction of sp³-hybridized carbons (Fsp3) is 0.316. The van der Waals surface area contributed by atoms with Crippen molar-refractivity contribution in [3.63, 3.8) is 0 Å². The summed E-state index contributed by atoms with van der Waals surface area (Å²) < 4.78 is 17.6. The molecule has 27 heavy (non-hydrogen) atoms. The molecule has 8 heteroatoms. The summed E-state index contributed by atoms with van der Waals surface area (Å²) in [5.41, 5.74) is 4.55. The largest absolute Gasteiger partial charge is 0.496 e. The molecule has 3 heterocycles. The summed E-state index contributed by atoms with van der Waals surface area (Å²) in [7, 11) is 3.22. The molecule has 0 atom stereocenters. The van der Waals surface area contributed by atoms with Crippen LogP contribution in [0, 0.1) is 13.8 Å². The number of nitrogens with zero attached hydrogens (tertiary/aromatic N) is 3. The zero-order chi connectivity index (χ0) is 19.1. The number of hydrogen-bond donors (Lipinski definition) is 1. The lowest BCUT2D eigenvalue weighted by Gasteiger charge is -2.11. The van der Waals surface area contributed by atoms with Gasteiger partial charge < -0.3 is 19.0 Å². The zero-order valence-corrected chi connectivity index (χ0v) is 15.6. The minimum atomic E-state index is -0.190. The number of methoxy groups -OCH3 is 2. The number of imidazole rings is 1. The highest BCUT2D eigenvalue weighted by Crippen LogP contribution is 2.38. The van der Waals surface area contributed by atoms with Gasteiger partial charge >= 0.3 is 5.69 Å². The molecular formula is C19H20N4O4. The number of H-pyrrole nitrogens is 1. The molecule has 1 aromatic carbocycles. The third-order valence-electron chi connectivity index (χ3n) is 4.76. The fourth-order valence-electron chi connectivity index (χ4n) is 3.46. The summed E-state index contributed by atoms with van der Waals surface area (Å²) >= 11 is 0. The SMILES string of the molecule is COCCn1c(=O)[nH]c2c3cc(OC)c(-c4c(C)noc4C)cc3ncc21. The lowest BCUT2D eigenvalue weighted by Crippen LogP contribution is -2.19. The smallest absolute Gasteiger partial charge is 0.326 e. The highest BCUT2D eigenvalue weighted by atomic mass is 16.5. The van der Waals surface area contributed by atoms with Gasteiger partial charge in [0, 0.05) is 18.1 Å². The van der Waals surface area contributed by atoms with E-state index in [1.807, 2.05) is 26.0 Å². The van der Waals surface area contributed by atoms with Crippen molar-refractivity contribution in [2.45, 2.75) is 20.4 Å². The summed E-state index contributed by atoms with van der Waals surface area (Å²) in [4.78, 5) is 19.9. The van der Waals surface area contributed by atoms with Gasteiger partial charge in [0.1, 0.15) is 11.5 Å². The minimum Gasteiger partial charge on any atom is -0.496 e. The number of hydrogen-bond acceptors (Lipinski definition) is 6. The molecule has 0 aliphatic rings. The van der Waals surface area contributed by atoms with E-state index in [0.717, 1.165) is 38.8 Å². The summed E-state index contributed by atoms with van der Waals surface area (Å²) in [5, 5.41) is 4.84. The minimum absolute atomic E-state index is 0.190. The van der Waals surface area contributed by atoms with E-state index in [1.54, 1.807) is 25.0 Å². The third kappa shape index (κ3) is 2.69. The van der Waals surface area contributed by atoms with Crippen molar-refractivity contribution in [3.8, 4) is 16.9 Å². The molecular weight excluding hydrogens is 348 g/mol. The Bertz CT molecular complexity index is 1180. The van der Waals surface area contributed by atoms with Crippen molar-refractivity contribution < 1.29 is 14.0 Å². The molecule has 8 nitrogen and oxygen atoms in total. The van der Waals surface area contributed by atoms with Gasteiger partial charge in [0.05, 0.1) is 54.3 Å². The average Bonchev–Trinajstić information content (AvgIpc) is 3.17. The van der Waals surface area contributed by atoms with E-state index >= 15 is 0 Å². The molecule has 1 N–H and O–H groups in total. The molecule has 0 unspecified atom stereocenters. The number of ether oxygens (including phenoxy) is 2. The fourth-order valence-corrected chi connectivity index (χ4v) is 3.46. The van der Waals surface area contributed by atoms with Gasteiger partial charge in [-0.15, -0.1) is 0 Å². The monoisotopic (exact) mass is 368 g/mol. The van der Waals surface area contributed by atoms with Crippen LogP contribution >= 0.6 is 0 Å². The predicted octanol–water partition coefficient (Wildman–Crippen LogP) is 2.80. The second-order valence-corrected chi connectivity index (χ2v) is 6.36. The number of aromatic amines is 1. The third-order valence-corrected chi connectivity index (χ3v) is 4.76. The Morgan fingerprint density at radius 3 is 2.74 bits per heavy atom. The molecule has 0 aliphatic heterocycles. The Kier molecular flexibility index (Phi) is 4.19. The maximum Gasteiger partial charge on any atom is 0.326 e. The topological polar surface area (TPSA) is 95.2 Å². The van der Waals surface area contributed by atoms with Crippen LogP contribution < -0.4 is 10.4 Å². The van der Waals surface area contributed by atoms with Crippen molar-refractivity contribution in [2.75, 3.05) is 20.8 Å². The van der Waals surface area contributed by atoms with Crippen LogP contribution in [0.4, 0.5) is 0 Å². The maximum atomic E-state index is 12.4. The first-order chi connectivity index (χ1) is 13.0. The van der Waals surface area contributed by atoms with E-state index in [-0.39, 0.29) is 5.69 Å². The molecule has 0 amide bonds. The highest BCUT2D eigenvalue weighted by Gasteiger charge is 2.19. The van der Waals surface area contributed by atoms with Gasteiger partial charge in [-0.05, 0) is 26.0 Å². The number of aromatic nitrogens is 4. The van der Waals surface area contributed by atoms with Crippen LogP contribution in [-0.2, 0) is 11.3 Å². The van der Waals surface area contributed by atoms with Crippen molar-refractivity contribution in [1.29, 1.82) is 0 Å². The number of aryl methyl sites for hydroxylation is 2. The van der Waals surface area contributed by atoms with Crippen LogP contribution in [0.1, 0.15) is 11.5 Å². The average molecular weight is 368 g/mol. The van der Waals surface area contributed by atoms with Crippen LogP contribution in [0.15, 0.2) is 27.6 Å². The summed E-state index contributed by atoms with van der Waals surface area (Å²) in [6.45, 7) is 4.65. The molecule has 0 fully saturated rings. The van der Waals surface area contributed by atoms with E-state index in [4.69, 9.17) is 14.0 Å². The summed E-state index contributed by atoms with van der Waals surface area (Å²) in [6, 6.07) is 3.83. The molecule has 4 aromatic rings. The first-order valence-corrected chi connectivity index (χ1v) is 8.56. The van der Waals surface area contributed by atoms with Crippen LogP contribution in [-0.4, -0.2) is 40.5 Å². The van der Waals surface area contributed by atoms with Crippen LogP contribution in [0.25, 0.3) is 33.1 Å². The molecule has 0 aliphatic carbocycles. The molecule has 140 valence electrons. The van der Waals surface area contributed by atoms with Crippen molar-refractivity contribution in [1.82, 2.24) is 19.7 Å². The van der Waals surface area contributed by atoms with Gasteiger partial charge in [-0.25, -0.2) is 4.79 Å². The quantitative estimate of drug-likeness (QED) is 0.582. The number of rotatable bonds is 5. The van der Waals surface area contributed by atoms with Gasteiger partial charge in [-0.1, -0.05) is 5.16 Å². The van der Waals surface area contributed by atoms with Gasteiger partial charge in [-0.2, -0.15) is 0 Å². The van der Waals surface area contributed by atoms with Crippen LogP contribution in [0.5, 0.6) is 5.75 Å². The van der Waals surface area contributed by atoms with E-state index < -0.39 is 0 Å². The molecule has 0 saturated carbocycles. The Balaban J connectivity index is 1.99. The summed E-state index contributed by atoms with van der Waals surface area (Å²) in [6.07, 6.45) is 1.70. The zero-order valence-electron chi connectivity index (χ0n) is 15.6. The second kappa shape index (κ2) is 6.55. The van der Waals surface area contributed by atoms with Crippen molar-refractivity contribution in [2.24, 2.45) is 0 Å². The van der Waals surface area contributed by atoms with Gasteiger partial charge in [0.2, 0.25) is 0 Å². The van der Waals surface area contributed by atoms with Crippen LogP contribution in [0.2, 0.25) is 0 Å². The van der Waals surface area contributed by atoms with E-state index in [1.165, 1.54) is 0 Å². The normalized spacial score (nSPS) is 11.6. The van der Waals surface area contributed by atoms with Crippen molar-refractivity contribution >= 4 is 21.9 Å². The van der Waals surface area contributed by atoms with E-state index in [0.29, 0.717) is 24.7 Å². The number of nitrogens with one attached hydrogen (secondary N) is 1. The van der Waals surface area contributed by atoms with E-state index in [9.17, 15) is 4.79 Å². The first kappa shape index (κ1) is 17.3. The maximum absolute atomic E-state index is 12.4. The molecule has 0 saturated heterocycles. The predicted molar refractivity (Wildman–Crippen MR) is 101 cm³/mol. The van der Waals surface area contributed by atoms with Gasteiger partial charge in [-0.3, -0.25) is 9.55 Å². The van der Waals surface area contributed by atoms with Crippen molar-refractivity contribution in [3.05, 3.63) is 40.3 Å². The molecule has 4 rings (SSSR count). The number of pyridine rings is 1. The summed E-state index contributed by atoms with van der Waals surface area (Å²) in [5.74, 6) is 1.38. The standard InChI is InChI=1S/C19H20N4O4/c1-10-17(11(2)27-22-10)13-7-14-12(8-16(13)26-4)18-15(9-20-14)23(5-6-25-3)19(24)21-18/h7-9H,5-6H2,1-4H3,(H,21,24).